The van der Waals surface area contributed by atoms with Gasteiger partial charge in [-0.1, -0.05) is 82.3 Å². The van der Waals surface area contributed by atoms with E-state index in [0.29, 0.717) is 11.7 Å². The van der Waals surface area contributed by atoms with Gasteiger partial charge in [0, 0.05) is 5.56 Å². The average molecular weight is 485 g/mol. The zero-order valence-electron chi connectivity index (χ0n) is 19.2. The lowest BCUT2D eigenvalue weighted by Gasteiger charge is -2.34. The average Bonchev–Trinajstić information content (AvgIpc) is 2.79. The molecule has 0 aliphatic carbocycles. The fourth-order valence-corrected chi connectivity index (χ4v) is 3.94. The lowest BCUT2D eigenvalue weighted by molar-refractivity contribution is 0.0295. The van der Waals surface area contributed by atoms with Gasteiger partial charge < -0.3 is 14.6 Å². The second-order valence-corrected chi connectivity index (χ2v) is 8.89. The molecule has 3 rings (SSSR count). The summed E-state index contributed by atoms with van der Waals surface area (Å²) in [6.07, 6.45) is 0. The Balaban J connectivity index is 0.000000316. The molecule has 0 saturated carbocycles. The molecule has 1 unspecified atom stereocenters. The fourth-order valence-electron chi connectivity index (χ4n) is 3.49. The summed E-state index contributed by atoms with van der Waals surface area (Å²) in [5.74, 6) is 2.09. The van der Waals surface area contributed by atoms with Crippen LogP contribution in [0.4, 0.5) is 0 Å². The maximum absolute atomic E-state index is 11.5. The van der Waals surface area contributed by atoms with Crippen LogP contribution in [0.5, 0.6) is 11.5 Å². The molecule has 0 aliphatic rings. The number of benzene rings is 3. The molecule has 0 aliphatic heterocycles. The van der Waals surface area contributed by atoms with Gasteiger partial charge in [-0.15, -0.1) is 0 Å². The van der Waals surface area contributed by atoms with E-state index in [-0.39, 0.29) is 5.92 Å². The van der Waals surface area contributed by atoms with Crippen molar-refractivity contribution in [1.82, 2.24) is 0 Å². The number of ether oxygens (including phenoxy) is 2. The lowest BCUT2D eigenvalue weighted by atomic mass is 9.77. The number of para-hydroxylation sites is 2. The Labute approximate surface area is 195 Å². The largest absolute Gasteiger partial charge is 0.496 e. The van der Waals surface area contributed by atoms with Crippen molar-refractivity contribution >= 4 is 15.9 Å². The number of rotatable bonds is 6. The molecular formula is C27H33BrO3. The molecule has 0 bridgehead atoms. The van der Waals surface area contributed by atoms with E-state index in [1.807, 2.05) is 74.5 Å². The summed E-state index contributed by atoms with van der Waals surface area (Å²) in [4.78, 5) is 0. The summed E-state index contributed by atoms with van der Waals surface area (Å²) < 4.78 is 11.5. The molecule has 0 heterocycles. The Hall–Kier alpha value is -2.30. The van der Waals surface area contributed by atoms with Gasteiger partial charge in [-0.05, 0) is 57.1 Å². The highest BCUT2D eigenvalue weighted by Gasteiger charge is 2.37. The Morgan fingerprint density at radius 1 is 0.742 bits per heavy atom. The summed E-state index contributed by atoms with van der Waals surface area (Å²) in [5.41, 5.74) is 1.92. The molecule has 1 N–H and O–H groups in total. The molecule has 3 aromatic carbocycles. The first-order chi connectivity index (χ1) is 14.7. The predicted molar refractivity (Wildman–Crippen MR) is 132 cm³/mol. The Morgan fingerprint density at radius 3 is 1.71 bits per heavy atom. The van der Waals surface area contributed by atoms with Crippen molar-refractivity contribution < 1.29 is 14.6 Å². The number of hydrogen-bond acceptors (Lipinski definition) is 3. The second kappa shape index (κ2) is 11.4. The fraction of sp³-hybridized carbons (Fsp3) is 0.333. The molecule has 0 amide bonds. The third-order valence-corrected chi connectivity index (χ3v) is 6.08. The van der Waals surface area contributed by atoms with Crippen molar-refractivity contribution in [3.05, 3.63) is 94.0 Å². The Kier molecular flexibility index (Phi) is 9.15. The van der Waals surface area contributed by atoms with Crippen molar-refractivity contribution in [2.45, 2.75) is 39.2 Å². The normalized spacial score (nSPS) is 12.7. The number of hydrogen-bond donors (Lipinski definition) is 1. The molecule has 166 valence electrons. The van der Waals surface area contributed by atoms with E-state index in [1.54, 1.807) is 14.2 Å². The van der Waals surface area contributed by atoms with Crippen LogP contribution in [0, 0.1) is 5.92 Å². The molecule has 0 saturated heterocycles. The van der Waals surface area contributed by atoms with Gasteiger partial charge in [-0.25, -0.2) is 0 Å². The van der Waals surface area contributed by atoms with Gasteiger partial charge in [0.25, 0.3) is 0 Å². The van der Waals surface area contributed by atoms with E-state index in [0.717, 1.165) is 21.3 Å². The molecule has 3 nitrogen and oxygen atoms in total. The monoisotopic (exact) mass is 484 g/mol. The van der Waals surface area contributed by atoms with E-state index >= 15 is 0 Å². The third-order valence-electron chi connectivity index (χ3n) is 5.43. The Morgan fingerprint density at radius 2 is 1.26 bits per heavy atom. The number of methoxy groups -OCH3 is 2. The van der Waals surface area contributed by atoms with Gasteiger partial charge in [-0.3, -0.25) is 0 Å². The zero-order chi connectivity index (χ0) is 23.0. The molecule has 31 heavy (non-hydrogen) atoms. The third kappa shape index (κ3) is 5.90. The maximum atomic E-state index is 11.5. The first-order valence-corrected chi connectivity index (χ1v) is 11.3. The van der Waals surface area contributed by atoms with Gasteiger partial charge >= 0.3 is 0 Å². The van der Waals surface area contributed by atoms with Crippen molar-refractivity contribution in [2.75, 3.05) is 14.2 Å². The summed E-state index contributed by atoms with van der Waals surface area (Å²) >= 11 is 3.33. The molecular weight excluding hydrogens is 452 g/mol. The number of halogens is 1. The SMILES string of the molecule is COc1ccccc1Br.COc1ccccc1C(O)(c1ccc(C(C)C)cc1)C(C)C. The highest BCUT2D eigenvalue weighted by atomic mass is 79.9. The minimum absolute atomic E-state index is 0.0219. The molecule has 0 fully saturated rings. The quantitative estimate of drug-likeness (QED) is 0.402. The molecule has 0 spiro atoms. The highest BCUT2D eigenvalue weighted by molar-refractivity contribution is 9.10. The van der Waals surface area contributed by atoms with Crippen LogP contribution in [0.2, 0.25) is 0 Å². The van der Waals surface area contributed by atoms with Crippen LogP contribution in [-0.2, 0) is 5.60 Å². The maximum Gasteiger partial charge on any atom is 0.133 e. The van der Waals surface area contributed by atoms with Gasteiger partial charge in [0.2, 0.25) is 0 Å². The van der Waals surface area contributed by atoms with Crippen LogP contribution >= 0.6 is 15.9 Å². The van der Waals surface area contributed by atoms with Crippen LogP contribution in [0.3, 0.4) is 0 Å². The number of aliphatic hydroxyl groups is 1. The molecule has 4 heteroatoms. The van der Waals surface area contributed by atoms with E-state index in [4.69, 9.17) is 9.47 Å². The van der Waals surface area contributed by atoms with Crippen LogP contribution in [-0.4, -0.2) is 19.3 Å². The van der Waals surface area contributed by atoms with Gasteiger partial charge in [0.15, 0.2) is 0 Å². The lowest BCUT2D eigenvalue weighted by Crippen LogP contribution is -2.33. The summed E-state index contributed by atoms with van der Waals surface area (Å²) in [5, 5.41) is 11.5. The summed E-state index contributed by atoms with van der Waals surface area (Å²) in [6, 6.07) is 23.7. The van der Waals surface area contributed by atoms with Crippen LogP contribution in [0.1, 0.15) is 50.3 Å². The van der Waals surface area contributed by atoms with Crippen LogP contribution in [0.15, 0.2) is 77.3 Å². The first kappa shape index (κ1) is 25.0. The molecule has 0 radical (unpaired) electrons. The van der Waals surface area contributed by atoms with Crippen molar-refractivity contribution in [2.24, 2.45) is 5.92 Å². The van der Waals surface area contributed by atoms with E-state index in [2.05, 4.69) is 41.9 Å². The van der Waals surface area contributed by atoms with Gasteiger partial charge in [0.05, 0.1) is 18.7 Å². The highest BCUT2D eigenvalue weighted by Crippen LogP contribution is 2.41. The first-order valence-electron chi connectivity index (χ1n) is 10.5. The van der Waals surface area contributed by atoms with E-state index in [9.17, 15) is 5.11 Å². The summed E-state index contributed by atoms with van der Waals surface area (Å²) in [7, 11) is 3.29. The molecule has 3 aromatic rings. The van der Waals surface area contributed by atoms with Gasteiger partial charge in [-0.2, -0.15) is 0 Å². The van der Waals surface area contributed by atoms with Gasteiger partial charge in [0.1, 0.15) is 17.1 Å². The molecule has 0 aromatic heterocycles. The van der Waals surface area contributed by atoms with E-state index in [1.165, 1.54) is 5.56 Å². The van der Waals surface area contributed by atoms with Crippen LogP contribution < -0.4 is 9.47 Å². The predicted octanol–water partition coefficient (Wildman–Crippen LogP) is 7.17. The summed E-state index contributed by atoms with van der Waals surface area (Å²) in [6.45, 7) is 8.40. The van der Waals surface area contributed by atoms with Crippen molar-refractivity contribution in [1.29, 1.82) is 0 Å². The van der Waals surface area contributed by atoms with Crippen LogP contribution in [0.25, 0.3) is 0 Å². The Bertz CT molecular complexity index is 951. The standard InChI is InChI=1S/C20H26O2.C7H7BrO/c1-14(2)16-10-12-17(13-11-16)20(21,15(3)4)18-8-6-7-9-19(18)22-5;1-9-7-5-3-2-4-6(7)8/h6-15,21H,1-5H3;2-5H,1H3. The second-order valence-electron chi connectivity index (χ2n) is 8.03. The topological polar surface area (TPSA) is 38.7 Å². The minimum atomic E-state index is -1.07. The van der Waals surface area contributed by atoms with Crippen molar-refractivity contribution in [3.63, 3.8) is 0 Å². The van der Waals surface area contributed by atoms with E-state index < -0.39 is 5.60 Å². The molecule has 1 atom stereocenters. The smallest absolute Gasteiger partial charge is 0.133 e. The van der Waals surface area contributed by atoms with Crippen molar-refractivity contribution in [3.8, 4) is 11.5 Å². The zero-order valence-corrected chi connectivity index (χ0v) is 20.8. The minimum Gasteiger partial charge on any atom is -0.496 e.